The molecule has 1 aliphatic carbocycles. The summed E-state index contributed by atoms with van der Waals surface area (Å²) in [4.78, 5) is 17.6. The van der Waals surface area contributed by atoms with Crippen LogP contribution in [0.1, 0.15) is 43.1 Å². The number of aryl methyl sites for hydroxylation is 1. The van der Waals surface area contributed by atoms with Crippen molar-refractivity contribution in [3.05, 3.63) is 42.0 Å². The molecule has 0 aliphatic heterocycles. The molecule has 2 aromatic rings. The number of hydrogen-bond acceptors (Lipinski definition) is 5. The molecule has 1 heterocycles. The van der Waals surface area contributed by atoms with Crippen LogP contribution in [0.3, 0.4) is 0 Å². The molecule has 7 heteroatoms. The molecule has 1 N–H and O–H groups in total. The Morgan fingerprint density at radius 1 is 1.18 bits per heavy atom. The number of nitrogens with zero attached hydrogens (tertiary/aromatic N) is 2. The van der Waals surface area contributed by atoms with E-state index in [1.807, 2.05) is 36.0 Å². The smallest absolute Gasteiger partial charge is 0.223 e. The molecule has 1 amide bonds. The molecule has 1 saturated carbocycles. The second-order valence-corrected chi connectivity index (χ2v) is 7.13. The van der Waals surface area contributed by atoms with E-state index in [1.165, 1.54) is 0 Å². The van der Waals surface area contributed by atoms with Gasteiger partial charge >= 0.3 is 0 Å². The molecule has 0 unspecified atom stereocenters. The number of rotatable bonds is 7. The van der Waals surface area contributed by atoms with Crippen molar-refractivity contribution in [2.75, 3.05) is 21.3 Å². The molecule has 0 spiro atoms. The van der Waals surface area contributed by atoms with Gasteiger partial charge in [-0.2, -0.15) is 0 Å². The van der Waals surface area contributed by atoms with E-state index in [2.05, 4.69) is 10.3 Å². The van der Waals surface area contributed by atoms with E-state index < -0.39 is 6.04 Å². The number of carbonyl (C=O) groups is 1. The van der Waals surface area contributed by atoms with Crippen LogP contribution in [0.25, 0.3) is 0 Å². The quantitative estimate of drug-likeness (QED) is 0.791. The largest absolute Gasteiger partial charge is 0.493 e. The molecule has 7 nitrogen and oxygen atoms in total. The van der Waals surface area contributed by atoms with E-state index >= 15 is 0 Å². The third-order valence-corrected chi connectivity index (χ3v) is 5.53. The lowest BCUT2D eigenvalue weighted by Crippen LogP contribution is -2.38. The highest BCUT2D eigenvalue weighted by Gasteiger charge is 2.31. The molecule has 1 aromatic heterocycles. The molecule has 0 bridgehead atoms. The molecule has 1 aliphatic rings. The zero-order valence-electron chi connectivity index (χ0n) is 17.0. The van der Waals surface area contributed by atoms with E-state index in [4.69, 9.17) is 14.2 Å². The predicted octanol–water partition coefficient (Wildman–Crippen LogP) is 2.85. The maximum absolute atomic E-state index is 13.1. The average Bonchev–Trinajstić information content (AvgIpc) is 3.16. The van der Waals surface area contributed by atoms with Gasteiger partial charge in [-0.3, -0.25) is 4.79 Å². The van der Waals surface area contributed by atoms with Gasteiger partial charge in [0.1, 0.15) is 11.9 Å². The fraction of sp³-hybridized carbons (Fsp3) is 0.524. The molecular formula is C21H29N3O4. The first kappa shape index (κ1) is 20.2. The van der Waals surface area contributed by atoms with Crippen LogP contribution in [0.15, 0.2) is 30.6 Å². The third kappa shape index (κ3) is 4.14. The van der Waals surface area contributed by atoms with Crippen molar-refractivity contribution >= 4 is 5.91 Å². The average molecular weight is 387 g/mol. The monoisotopic (exact) mass is 387 g/mol. The Morgan fingerprint density at radius 3 is 2.50 bits per heavy atom. The number of methoxy groups -OCH3 is 3. The van der Waals surface area contributed by atoms with Gasteiger partial charge in [-0.05, 0) is 31.7 Å². The normalized spacial score (nSPS) is 20.4. The van der Waals surface area contributed by atoms with Crippen molar-refractivity contribution in [3.63, 3.8) is 0 Å². The van der Waals surface area contributed by atoms with Gasteiger partial charge in [-0.15, -0.1) is 0 Å². The summed E-state index contributed by atoms with van der Waals surface area (Å²) in [5.41, 5.74) is 0.815. The topological polar surface area (TPSA) is 74.6 Å². The maximum Gasteiger partial charge on any atom is 0.223 e. The number of aromatic nitrogens is 2. The van der Waals surface area contributed by atoms with Crippen molar-refractivity contribution in [2.45, 2.75) is 37.8 Å². The Labute approximate surface area is 166 Å². The van der Waals surface area contributed by atoms with E-state index in [0.29, 0.717) is 11.5 Å². The first-order valence-corrected chi connectivity index (χ1v) is 9.60. The van der Waals surface area contributed by atoms with Crippen LogP contribution in [0.4, 0.5) is 0 Å². The number of imidazole rings is 1. The van der Waals surface area contributed by atoms with E-state index in [0.717, 1.165) is 37.1 Å². The first-order valence-electron chi connectivity index (χ1n) is 9.60. The highest BCUT2D eigenvalue weighted by atomic mass is 16.5. The molecule has 1 fully saturated rings. The van der Waals surface area contributed by atoms with E-state index in [1.54, 1.807) is 27.5 Å². The lowest BCUT2D eigenvalue weighted by Gasteiger charge is -2.29. The highest BCUT2D eigenvalue weighted by Crippen LogP contribution is 2.37. The summed E-state index contributed by atoms with van der Waals surface area (Å²) >= 11 is 0. The van der Waals surface area contributed by atoms with Crippen molar-refractivity contribution < 1.29 is 19.0 Å². The van der Waals surface area contributed by atoms with Gasteiger partial charge in [-0.25, -0.2) is 4.98 Å². The summed E-state index contributed by atoms with van der Waals surface area (Å²) in [5, 5.41) is 3.21. The zero-order valence-corrected chi connectivity index (χ0v) is 17.0. The van der Waals surface area contributed by atoms with E-state index in [9.17, 15) is 4.79 Å². The Morgan fingerprint density at radius 2 is 1.93 bits per heavy atom. The fourth-order valence-electron chi connectivity index (χ4n) is 3.90. The fourth-order valence-corrected chi connectivity index (χ4v) is 3.90. The number of hydrogen-bond donors (Lipinski definition) is 1. The Hall–Kier alpha value is -2.54. The number of amides is 1. The second-order valence-electron chi connectivity index (χ2n) is 7.13. The molecule has 28 heavy (non-hydrogen) atoms. The number of nitrogens with one attached hydrogen (secondary N) is 1. The predicted molar refractivity (Wildman–Crippen MR) is 105 cm³/mol. The number of ether oxygens (including phenoxy) is 3. The van der Waals surface area contributed by atoms with Gasteiger partial charge in [0, 0.05) is 38.0 Å². The zero-order chi connectivity index (χ0) is 20.1. The Kier molecular flexibility index (Phi) is 6.57. The molecule has 0 saturated heterocycles. The minimum Gasteiger partial charge on any atom is -0.493 e. The second kappa shape index (κ2) is 9.10. The van der Waals surface area contributed by atoms with Crippen molar-refractivity contribution in [1.29, 1.82) is 0 Å². The van der Waals surface area contributed by atoms with Gasteiger partial charge < -0.3 is 24.1 Å². The summed E-state index contributed by atoms with van der Waals surface area (Å²) in [6.07, 6.45) is 7.32. The summed E-state index contributed by atoms with van der Waals surface area (Å²) < 4.78 is 18.4. The van der Waals surface area contributed by atoms with Crippen molar-refractivity contribution in [1.82, 2.24) is 14.9 Å². The SMILES string of the molecule is COc1cccc([C@@H](NC(=O)C2CCC(OC)CC2)c2nccn2C)c1OC. The van der Waals surface area contributed by atoms with Gasteiger partial charge in [-0.1, -0.05) is 12.1 Å². The van der Waals surface area contributed by atoms with Gasteiger partial charge in [0.15, 0.2) is 11.5 Å². The van der Waals surface area contributed by atoms with Gasteiger partial charge in [0.25, 0.3) is 0 Å². The van der Waals surface area contributed by atoms with Crippen LogP contribution in [-0.4, -0.2) is 42.9 Å². The Bertz CT molecular complexity index is 797. The van der Waals surface area contributed by atoms with E-state index in [-0.39, 0.29) is 17.9 Å². The van der Waals surface area contributed by atoms with Crippen LogP contribution in [0, 0.1) is 5.92 Å². The Balaban J connectivity index is 1.90. The molecular weight excluding hydrogens is 358 g/mol. The van der Waals surface area contributed by atoms with Gasteiger partial charge in [0.2, 0.25) is 5.91 Å². The summed E-state index contributed by atoms with van der Waals surface area (Å²) in [7, 11) is 6.85. The number of para-hydroxylation sites is 1. The minimum atomic E-state index is -0.433. The van der Waals surface area contributed by atoms with Crippen molar-refractivity contribution in [3.8, 4) is 11.5 Å². The van der Waals surface area contributed by atoms with Crippen LogP contribution in [0.2, 0.25) is 0 Å². The summed E-state index contributed by atoms with van der Waals surface area (Å²) in [6, 6.07) is 5.23. The minimum absolute atomic E-state index is 0.0224. The molecule has 0 radical (unpaired) electrons. The molecule has 1 aromatic carbocycles. The van der Waals surface area contributed by atoms with Crippen LogP contribution in [0.5, 0.6) is 11.5 Å². The van der Waals surface area contributed by atoms with Crippen LogP contribution in [-0.2, 0) is 16.6 Å². The summed E-state index contributed by atoms with van der Waals surface area (Å²) in [6.45, 7) is 0. The van der Waals surface area contributed by atoms with Crippen LogP contribution < -0.4 is 14.8 Å². The highest BCUT2D eigenvalue weighted by molar-refractivity contribution is 5.79. The van der Waals surface area contributed by atoms with Gasteiger partial charge in [0.05, 0.1) is 20.3 Å². The molecule has 3 rings (SSSR count). The molecule has 1 atom stereocenters. The van der Waals surface area contributed by atoms with Crippen LogP contribution >= 0.6 is 0 Å². The first-order chi connectivity index (χ1) is 13.6. The number of carbonyl (C=O) groups excluding carboxylic acids is 1. The lowest BCUT2D eigenvalue weighted by atomic mass is 9.86. The standard InChI is InChI=1S/C21H29N3O4/c1-24-13-12-22-20(24)18(16-6-5-7-17(27-3)19(16)28-4)23-21(25)14-8-10-15(26-2)11-9-14/h5-7,12-15,18H,8-11H2,1-4H3,(H,23,25)/t14?,15?,18-/m1/s1. The summed E-state index contributed by atoms with van der Waals surface area (Å²) in [5.74, 6) is 1.97. The lowest BCUT2D eigenvalue weighted by molar-refractivity contribution is -0.127. The number of benzene rings is 1. The van der Waals surface area contributed by atoms with Crippen molar-refractivity contribution in [2.24, 2.45) is 13.0 Å². The maximum atomic E-state index is 13.1. The third-order valence-electron chi connectivity index (χ3n) is 5.53. The molecule has 152 valence electrons.